The van der Waals surface area contributed by atoms with E-state index in [1.165, 1.54) is 0 Å². The fourth-order valence-electron chi connectivity index (χ4n) is 3.31. The summed E-state index contributed by atoms with van der Waals surface area (Å²) >= 11 is 7.63. The van der Waals surface area contributed by atoms with Crippen molar-refractivity contribution in [1.82, 2.24) is 10.2 Å². The van der Waals surface area contributed by atoms with Crippen molar-refractivity contribution in [2.24, 2.45) is 0 Å². The Bertz CT molecular complexity index is 826. The molecular weight excluding hydrogens is 416 g/mol. The third-order valence-electron chi connectivity index (χ3n) is 4.79. The lowest BCUT2D eigenvalue weighted by Crippen LogP contribution is -2.49. The second-order valence-corrected chi connectivity index (χ2v) is 8.84. The van der Waals surface area contributed by atoms with Crippen LogP contribution in [0.25, 0.3) is 0 Å². The number of aryl methyl sites for hydroxylation is 1. The summed E-state index contributed by atoms with van der Waals surface area (Å²) in [5.41, 5.74) is 2.19. The molecule has 2 amide bonds. The van der Waals surface area contributed by atoms with E-state index in [0.29, 0.717) is 25.9 Å². The fraction of sp³-hybridized carbons (Fsp3) is 0.417. The molecule has 4 nitrogen and oxygen atoms in total. The Kier molecular flexibility index (Phi) is 10.2. The Morgan fingerprint density at radius 1 is 1.13 bits per heavy atom. The first kappa shape index (κ1) is 24.3. The van der Waals surface area contributed by atoms with Gasteiger partial charge in [0.25, 0.3) is 0 Å². The second kappa shape index (κ2) is 12.7. The monoisotopic (exact) mass is 446 g/mol. The van der Waals surface area contributed by atoms with Gasteiger partial charge in [0.05, 0.1) is 0 Å². The van der Waals surface area contributed by atoms with Crippen LogP contribution in [0, 0.1) is 6.92 Å². The minimum atomic E-state index is -0.457. The molecule has 0 aliphatic heterocycles. The molecule has 0 spiro atoms. The topological polar surface area (TPSA) is 49.4 Å². The van der Waals surface area contributed by atoms with E-state index in [4.69, 9.17) is 11.6 Å². The maximum Gasteiger partial charge on any atom is 0.242 e. The molecule has 0 aromatic heterocycles. The van der Waals surface area contributed by atoms with Gasteiger partial charge < -0.3 is 10.2 Å². The standard InChI is InChI=1S/C24H31ClN2O2S/c1-4-22(24(29)26-5-2)27(17-19-9-6-8-18(3)16-19)23(28)10-7-15-30-21-13-11-20(25)12-14-21/h6,8-9,11-14,16,22H,4-5,7,10,15,17H2,1-3H3,(H,26,29). The number of nitrogens with one attached hydrogen (secondary N) is 1. The van der Waals surface area contributed by atoms with E-state index < -0.39 is 6.04 Å². The molecule has 0 heterocycles. The molecule has 6 heteroatoms. The van der Waals surface area contributed by atoms with E-state index in [1.54, 1.807) is 16.7 Å². The fourth-order valence-corrected chi connectivity index (χ4v) is 4.29. The van der Waals surface area contributed by atoms with Gasteiger partial charge in [0.15, 0.2) is 0 Å². The maximum atomic E-state index is 13.1. The zero-order chi connectivity index (χ0) is 21.9. The molecule has 30 heavy (non-hydrogen) atoms. The van der Waals surface area contributed by atoms with Gasteiger partial charge in [0, 0.05) is 29.4 Å². The van der Waals surface area contributed by atoms with Crippen LogP contribution >= 0.6 is 23.4 Å². The molecule has 1 unspecified atom stereocenters. The van der Waals surface area contributed by atoms with Crippen LogP contribution in [0.3, 0.4) is 0 Å². The molecule has 162 valence electrons. The van der Waals surface area contributed by atoms with Crippen molar-refractivity contribution in [3.05, 3.63) is 64.7 Å². The lowest BCUT2D eigenvalue weighted by Gasteiger charge is -2.30. The van der Waals surface area contributed by atoms with Crippen LogP contribution in [-0.4, -0.2) is 35.1 Å². The van der Waals surface area contributed by atoms with Gasteiger partial charge >= 0.3 is 0 Å². The highest BCUT2D eigenvalue weighted by atomic mass is 35.5. The molecule has 2 aromatic carbocycles. The van der Waals surface area contributed by atoms with Gasteiger partial charge in [0.1, 0.15) is 6.04 Å². The number of halogens is 1. The smallest absolute Gasteiger partial charge is 0.242 e. The summed E-state index contributed by atoms with van der Waals surface area (Å²) in [6.07, 6.45) is 1.76. The van der Waals surface area contributed by atoms with Crippen LogP contribution in [0.15, 0.2) is 53.4 Å². The zero-order valence-corrected chi connectivity index (χ0v) is 19.6. The predicted octanol–water partition coefficient (Wildman–Crippen LogP) is 5.46. The van der Waals surface area contributed by atoms with Crippen LogP contribution in [0.4, 0.5) is 0 Å². The molecule has 0 saturated carbocycles. The van der Waals surface area contributed by atoms with Gasteiger partial charge in [-0.3, -0.25) is 9.59 Å². The molecule has 1 N–H and O–H groups in total. The van der Waals surface area contributed by atoms with Crippen molar-refractivity contribution in [1.29, 1.82) is 0 Å². The molecule has 2 aromatic rings. The quantitative estimate of drug-likeness (QED) is 0.368. The second-order valence-electron chi connectivity index (χ2n) is 7.24. The Morgan fingerprint density at radius 3 is 2.50 bits per heavy atom. The van der Waals surface area contributed by atoms with E-state index in [1.807, 2.05) is 63.2 Å². The van der Waals surface area contributed by atoms with Gasteiger partial charge in [-0.05, 0) is 62.3 Å². The van der Waals surface area contributed by atoms with Crippen LogP contribution < -0.4 is 5.32 Å². The van der Waals surface area contributed by atoms with Gasteiger partial charge in [-0.2, -0.15) is 0 Å². The minimum Gasteiger partial charge on any atom is -0.355 e. The van der Waals surface area contributed by atoms with E-state index >= 15 is 0 Å². The van der Waals surface area contributed by atoms with E-state index in [9.17, 15) is 9.59 Å². The summed E-state index contributed by atoms with van der Waals surface area (Å²) < 4.78 is 0. The van der Waals surface area contributed by atoms with E-state index in [-0.39, 0.29) is 11.8 Å². The van der Waals surface area contributed by atoms with Crippen molar-refractivity contribution >= 4 is 35.2 Å². The number of amides is 2. The third kappa shape index (κ3) is 7.69. The van der Waals surface area contributed by atoms with Crippen LogP contribution in [-0.2, 0) is 16.1 Å². The number of hydrogen-bond acceptors (Lipinski definition) is 3. The number of benzene rings is 2. The molecular formula is C24H31ClN2O2S. The number of likely N-dealkylation sites (N-methyl/N-ethyl adjacent to an activating group) is 1. The molecule has 0 saturated heterocycles. The van der Waals surface area contributed by atoms with Crippen molar-refractivity contribution in [2.75, 3.05) is 12.3 Å². The SMILES string of the molecule is CCNC(=O)C(CC)N(Cc1cccc(C)c1)C(=O)CCCSc1ccc(Cl)cc1. The average Bonchev–Trinajstić information content (AvgIpc) is 2.72. The Hall–Kier alpha value is -1.98. The number of nitrogens with zero attached hydrogens (tertiary/aromatic N) is 1. The molecule has 0 aliphatic carbocycles. The Balaban J connectivity index is 2.02. The van der Waals surface area contributed by atoms with Crippen molar-refractivity contribution < 1.29 is 9.59 Å². The highest BCUT2D eigenvalue weighted by Gasteiger charge is 2.27. The van der Waals surface area contributed by atoms with Crippen LogP contribution in [0.5, 0.6) is 0 Å². The molecule has 2 rings (SSSR count). The maximum absolute atomic E-state index is 13.1. The summed E-state index contributed by atoms with van der Waals surface area (Å²) in [6, 6.07) is 15.4. The normalized spacial score (nSPS) is 11.7. The summed E-state index contributed by atoms with van der Waals surface area (Å²) in [4.78, 5) is 28.6. The lowest BCUT2D eigenvalue weighted by molar-refractivity contribution is -0.141. The summed E-state index contributed by atoms with van der Waals surface area (Å²) in [5.74, 6) is 0.770. The van der Waals surface area contributed by atoms with E-state index in [0.717, 1.165) is 33.2 Å². The van der Waals surface area contributed by atoms with Crippen molar-refractivity contribution in [3.8, 4) is 0 Å². The summed E-state index contributed by atoms with van der Waals surface area (Å²) in [5, 5.41) is 3.59. The third-order valence-corrected chi connectivity index (χ3v) is 6.14. The first-order valence-corrected chi connectivity index (χ1v) is 11.8. The van der Waals surface area contributed by atoms with Gasteiger partial charge in [0.2, 0.25) is 11.8 Å². The van der Waals surface area contributed by atoms with Crippen LogP contribution in [0.1, 0.15) is 44.2 Å². The Morgan fingerprint density at radius 2 is 1.87 bits per heavy atom. The summed E-state index contributed by atoms with van der Waals surface area (Å²) in [7, 11) is 0. The Labute approximate surface area is 189 Å². The molecule has 0 fully saturated rings. The van der Waals surface area contributed by atoms with Gasteiger partial charge in [-0.15, -0.1) is 11.8 Å². The molecule has 1 atom stereocenters. The van der Waals surface area contributed by atoms with Crippen LogP contribution in [0.2, 0.25) is 5.02 Å². The van der Waals surface area contributed by atoms with Crippen molar-refractivity contribution in [2.45, 2.75) is 57.5 Å². The molecule has 0 aliphatic rings. The van der Waals surface area contributed by atoms with Crippen molar-refractivity contribution in [3.63, 3.8) is 0 Å². The largest absolute Gasteiger partial charge is 0.355 e. The predicted molar refractivity (Wildman–Crippen MR) is 126 cm³/mol. The number of hydrogen-bond donors (Lipinski definition) is 1. The number of carbonyl (C=O) groups excluding carboxylic acids is 2. The highest BCUT2D eigenvalue weighted by molar-refractivity contribution is 7.99. The van der Waals surface area contributed by atoms with Gasteiger partial charge in [-0.1, -0.05) is 48.4 Å². The summed E-state index contributed by atoms with van der Waals surface area (Å²) in [6.45, 7) is 6.88. The number of rotatable bonds is 11. The van der Waals surface area contributed by atoms with E-state index in [2.05, 4.69) is 11.4 Å². The highest BCUT2D eigenvalue weighted by Crippen LogP contribution is 2.22. The number of thioether (sulfide) groups is 1. The van der Waals surface area contributed by atoms with Gasteiger partial charge in [-0.25, -0.2) is 0 Å². The minimum absolute atomic E-state index is 0.0197. The number of carbonyl (C=O) groups is 2. The first-order valence-electron chi connectivity index (χ1n) is 10.5. The first-order chi connectivity index (χ1) is 14.4. The molecule has 0 radical (unpaired) electrons. The average molecular weight is 447 g/mol. The molecule has 0 bridgehead atoms. The lowest BCUT2D eigenvalue weighted by atomic mass is 10.1. The zero-order valence-electron chi connectivity index (χ0n) is 18.0.